The summed E-state index contributed by atoms with van der Waals surface area (Å²) < 4.78 is 0. The number of nitrogens with zero attached hydrogens (tertiary/aromatic N) is 1. The number of aryl methyl sites for hydroxylation is 1. The van der Waals surface area contributed by atoms with Gasteiger partial charge in [-0.1, -0.05) is 6.07 Å². The van der Waals surface area contributed by atoms with Crippen LogP contribution in [0.25, 0.3) is 0 Å². The molecule has 15 heavy (non-hydrogen) atoms. The van der Waals surface area contributed by atoms with E-state index in [2.05, 4.69) is 0 Å². The largest absolute Gasteiger partial charge is 0.507 e. The summed E-state index contributed by atoms with van der Waals surface area (Å²) in [4.78, 5) is 13.6. The van der Waals surface area contributed by atoms with Crippen LogP contribution in [0.5, 0.6) is 5.75 Å². The molecule has 0 aromatic heterocycles. The van der Waals surface area contributed by atoms with E-state index in [1.165, 1.54) is 0 Å². The molecule has 0 aliphatic heterocycles. The van der Waals surface area contributed by atoms with E-state index < -0.39 is 0 Å². The Kier molecular flexibility index (Phi) is 2.39. The predicted molar refractivity (Wildman–Crippen MR) is 58.0 cm³/mol. The molecule has 1 N–H and O–H groups in total. The molecule has 1 amide bonds. The number of amides is 1. The van der Waals surface area contributed by atoms with E-state index in [9.17, 15) is 9.90 Å². The molecular weight excluding hydrogens is 190 g/mol. The maximum absolute atomic E-state index is 11.9. The number of phenolic OH excluding ortho intramolecular Hbond substituents is 1. The van der Waals surface area contributed by atoms with Gasteiger partial charge in [-0.25, -0.2) is 0 Å². The molecular formula is C12H15NO2. The van der Waals surface area contributed by atoms with Crippen molar-refractivity contribution >= 4 is 5.91 Å². The van der Waals surface area contributed by atoms with E-state index in [1.807, 2.05) is 13.0 Å². The van der Waals surface area contributed by atoms with Crippen LogP contribution in [0, 0.1) is 6.92 Å². The van der Waals surface area contributed by atoms with Crippen molar-refractivity contribution in [2.45, 2.75) is 25.8 Å². The predicted octanol–water partition coefficient (Wildman–Crippen LogP) is 1.94. The van der Waals surface area contributed by atoms with Gasteiger partial charge in [-0.05, 0) is 37.5 Å². The summed E-state index contributed by atoms with van der Waals surface area (Å²) in [5.41, 5.74) is 1.35. The third kappa shape index (κ3) is 1.96. The molecule has 0 radical (unpaired) electrons. The van der Waals surface area contributed by atoms with Crippen LogP contribution in [0.4, 0.5) is 0 Å². The molecule has 0 atom stereocenters. The third-order valence-corrected chi connectivity index (χ3v) is 2.80. The molecule has 0 spiro atoms. The Bertz CT molecular complexity index is 397. The lowest BCUT2D eigenvalue weighted by Gasteiger charge is -2.16. The maximum atomic E-state index is 11.9. The van der Waals surface area contributed by atoms with Crippen molar-refractivity contribution < 1.29 is 9.90 Å². The Morgan fingerprint density at radius 2 is 2.13 bits per heavy atom. The summed E-state index contributed by atoms with van der Waals surface area (Å²) in [5, 5.41) is 9.67. The molecule has 1 aliphatic rings. The van der Waals surface area contributed by atoms with E-state index in [-0.39, 0.29) is 11.7 Å². The first-order valence-corrected chi connectivity index (χ1v) is 5.16. The summed E-state index contributed by atoms with van der Waals surface area (Å²) in [6.07, 6.45) is 2.16. The smallest absolute Gasteiger partial charge is 0.257 e. The van der Waals surface area contributed by atoms with Crippen LogP contribution >= 0.6 is 0 Å². The highest BCUT2D eigenvalue weighted by atomic mass is 16.3. The molecule has 1 aromatic rings. The first-order chi connectivity index (χ1) is 7.09. The molecule has 80 valence electrons. The Labute approximate surface area is 89.3 Å². The molecule has 1 fully saturated rings. The highest BCUT2D eigenvalue weighted by Crippen LogP contribution is 2.28. The van der Waals surface area contributed by atoms with Gasteiger partial charge in [0, 0.05) is 13.1 Å². The topological polar surface area (TPSA) is 40.5 Å². The lowest BCUT2D eigenvalue weighted by molar-refractivity contribution is 0.0782. The van der Waals surface area contributed by atoms with E-state index in [0.717, 1.165) is 18.4 Å². The number of hydrogen-bond acceptors (Lipinski definition) is 2. The normalized spacial score (nSPS) is 15.1. The lowest BCUT2D eigenvalue weighted by Crippen LogP contribution is -2.28. The fourth-order valence-corrected chi connectivity index (χ4v) is 1.64. The monoisotopic (exact) mass is 205 g/mol. The summed E-state index contributed by atoms with van der Waals surface area (Å²) in [5.74, 6) is -0.0116. The Morgan fingerprint density at radius 3 is 2.67 bits per heavy atom. The van der Waals surface area contributed by atoms with Gasteiger partial charge in [-0.3, -0.25) is 4.79 Å². The number of aromatic hydroxyl groups is 1. The molecule has 0 heterocycles. The average molecular weight is 205 g/mol. The summed E-state index contributed by atoms with van der Waals surface area (Å²) in [7, 11) is 1.79. The highest BCUT2D eigenvalue weighted by molar-refractivity contribution is 5.97. The zero-order chi connectivity index (χ0) is 11.0. The van der Waals surface area contributed by atoms with E-state index in [0.29, 0.717) is 11.6 Å². The maximum Gasteiger partial charge on any atom is 0.257 e. The zero-order valence-corrected chi connectivity index (χ0v) is 9.03. The van der Waals surface area contributed by atoms with Crippen molar-refractivity contribution in [3.05, 3.63) is 29.3 Å². The molecule has 0 unspecified atom stereocenters. The van der Waals surface area contributed by atoms with E-state index >= 15 is 0 Å². The fourth-order valence-electron chi connectivity index (χ4n) is 1.64. The number of carbonyl (C=O) groups is 1. The van der Waals surface area contributed by atoms with Gasteiger partial charge in [0.25, 0.3) is 5.91 Å². The second kappa shape index (κ2) is 3.57. The van der Waals surface area contributed by atoms with Crippen molar-refractivity contribution in [3.63, 3.8) is 0 Å². The molecule has 1 aromatic carbocycles. The fraction of sp³-hybridized carbons (Fsp3) is 0.417. The average Bonchev–Trinajstić information content (AvgIpc) is 2.99. The second-order valence-corrected chi connectivity index (χ2v) is 4.17. The molecule has 3 heteroatoms. The second-order valence-electron chi connectivity index (χ2n) is 4.17. The van der Waals surface area contributed by atoms with Gasteiger partial charge in [0.1, 0.15) is 5.75 Å². The molecule has 1 aliphatic carbocycles. The summed E-state index contributed by atoms with van der Waals surface area (Å²) >= 11 is 0. The van der Waals surface area contributed by atoms with E-state index in [1.54, 1.807) is 24.1 Å². The number of benzene rings is 1. The SMILES string of the molecule is Cc1ccc(C(=O)N(C)C2CC2)c(O)c1. The zero-order valence-electron chi connectivity index (χ0n) is 9.03. The first-order valence-electron chi connectivity index (χ1n) is 5.16. The number of phenols is 1. The third-order valence-electron chi connectivity index (χ3n) is 2.80. The standard InChI is InChI=1S/C12H15NO2/c1-8-3-6-10(11(14)7-8)12(15)13(2)9-4-5-9/h3,6-7,9,14H,4-5H2,1-2H3. The minimum Gasteiger partial charge on any atom is -0.507 e. The van der Waals surface area contributed by atoms with Gasteiger partial charge < -0.3 is 10.0 Å². The number of rotatable bonds is 2. The van der Waals surface area contributed by atoms with Crippen molar-refractivity contribution in [2.75, 3.05) is 7.05 Å². The van der Waals surface area contributed by atoms with Crippen LogP contribution in [0.1, 0.15) is 28.8 Å². The lowest BCUT2D eigenvalue weighted by atomic mass is 10.1. The van der Waals surface area contributed by atoms with Crippen LogP contribution < -0.4 is 0 Å². The van der Waals surface area contributed by atoms with Crippen molar-refractivity contribution in [1.82, 2.24) is 4.90 Å². The van der Waals surface area contributed by atoms with Gasteiger partial charge >= 0.3 is 0 Å². The van der Waals surface area contributed by atoms with Crippen LogP contribution in [0.15, 0.2) is 18.2 Å². The van der Waals surface area contributed by atoms with Crippen molar-refractivity contribution in [2.24, 2.45) is 0 Å². The Balaban J connectivity index is 2.24. The van der Waals surface area contributed by atoms with Gasteiger partial charge in [-0.2, -0.15) is 0 Å². The minimum atomic E-state index is -0.0880. The minimum absolute atomic E-state index is 0.0764. The highest BCUT2D eigenvalue weighted by Gasteiger charge is 2.30. The quantitative estimate of drug-likeness (QED) is 0.801. The van der Waals surface area contributed by atoms with Gasteiger partial charge in [0.2, 0.25) is 0 Å². The molecule has 2 rings (SSSR count). The summed E-state index contributed by atoms with van der Waals surface area (Å²) in [6.45, 7) is 1.89. The van der Waals surface area contributed by atoms with E-state index in [4.69, 9.17) is 0 Å². The first kappa shape index (κ1) is 10.0. The van der Waals surface area contributed by atoms with Crippen LogP contribution in [-0.4, -0.2) is 29.0 Å². The molecule has 0 bridgehead atoms. The van der Waals surface area contributed by atoms with Gasteiger partial charge in [-0.15, -0.1) is 0 Å². The Morgan fingerprint density at radius 1 is 1.47 bits per heavy atom. The molecule has 3 nitrogen and oxygen atoms in total. The van der Waals surface area contributed by atoms with Crippen LogP contribution in [-0.2, 0) is 0 Å². The molecule has 0 saturated heterocycles. The van der Waals surface area contributed by atoms with Crippen LogP contribution in [0.2, 0.25) is 0 Å². The van der Waals surface area contributed by atoms with Gasteiger partial charge in [0.15, 0.2) is 0 Å². The number of carbonyl (C=O) groups excluding carboxylic acids is 1. The van der Waals surface area contributed by atoms with Crippen LogP contribution in [0.3, 0.4) is 0 Å². The van der Waals surface area contributed by atoms with Gasteiger partial charge in [0.05, 0.1) is 5.56 Å². The summed E-state index contributed by atoms with van der Waals surface area (Å²) in [6, 6.07) is 5.52. The number of hydrogen-bond donors (Lipinski definition) is 1. The van der Waals surface area contributed by atoms with Crippen molar-refractivity contribution in [1.29, 1.82) is 0 Å². The molecule has 1 saturated carbocycles. The Hall–Kier alpha value is -1.51. The van der Waals surface area contributed by atoms with Crippen molar-refractivity contribution in [3.8, 4) is 5.75 Å².